The van der Waals surface area contributed by atoms with E-state index in [0.29, 0.717) is 6.04 Å². The number of rotatable bonds is 6. The fraction of sp³-hybridized carbons (Fsp3) is 0.875. The normalized spacial score (nSPS) is 23.2. The topological polar surface area (TPSA) is 69.6 Å². The third kappa shape index (κ3) is 5.21. The number of carbonyl (C=O) groups excluding carboxylic acids is 1. The maximum Gasteiger partial charge on any atom is 0.317 e. The van der Waals surface area contributed by atoms with Crippen molar-refractivity contribution in [1.82, 2.24) is 10.2 Å². The number of amides is 2. The molecule has 5 nitrogen and oxygen atoms in total. The average molecular weight is 296 g/mol. The van der Waals surface area contributed by atoms with Gasteiger partial charge in [0.1, 0.15) is 0 Å². The van der Waals surface area contributed by atoms with Crippen LogP contribution in [0.3, 0.4) is 0 Å². The second-order valence-corrected chi connectivity index (χ2v) is 6.45. The smallest absolute Gasteiger partial charge is 0.317 e. The summed E-state index contributed by atoms with van der Waals surface area (Å²) < 4.78 is 0. The van der Waals surface area contributed by atoms with E-state index in [2.05, 4.69) is 5.32 Å². The lowest BCUT2D eigenvalue weighted by Crippen LogP contribution is -2.43. The van der Waals surface area contributed by atoms with Gasteiger partial charge in [0.2, 0.25) is 0 Å². The summed E-state index contributed by atoms with van der Waals surface area (Å²) in [4.78, 5) is 24.5. The van der Waals surface area contributed by atoms with Gasteiger partial charge in [0.05, 0.1) is 6.42 Å². The van der Waals surface area contributed by atoms with Crippen LogP contribution in [0, 0.1) is 5.92 Å². The summed E-state index contributed by atoms with van der Waals surface area (Å²) in [6.45, 7) is 1.04. The van der Waals surface area contributed by atoms with Crippen molar-refractivity contribution in [1.29, 1.82) is 0 Å². The van der Waals surface area contributed by atoms with Crippen LogP contribution < -0.4 is 5.32 Å². The summed E-state index contributed by atoms with van der Waals surface area (Å²) in [6.07, 6.45) is 11.4. The van der Waals surface area contributed by atoms with Crippen molar-refractivity contribution >= 4 is 12.0 Å². The van der Waals surface area contributed by atoms with Crippen molar-refractivity contribution in [3.05, 3.63) is 0 Å². The molecule has 5 heteroatoms. The minimum Gasteiger partial charge on any atom is -0.481 e. The van der Waals surface area contributed by atoms with E-state index >= 15 is 0 Å². The summed E-state index contributed by atoms with van der Waals surface area (Å²) >= 11 is 0. The van der Waals surface area contributed by atoms with Crippen molar-refractivity contribution in [2.75, 3.05) is 13.1 Å². The Bertz CT molecular complexity index is 353. The molecule has 2 aliphatic rings. The SMILES string of the molecule is O=C(O)CCNC(=O)N1CCCC1CCC1CCCCC1. The first-order valence-corrected chi connectivity index (χ1v) is 8.43. The molecule has 1 heterocycles. The van der Waals surface area contributed by atoms with Gasteiger partial charge in [0.15, 0.2) is 0 Å². The zero-order chi connectivity index (χ0) is 15.1. The van der Waals surface area contributed by atoms with Crippen LogP contribution in [0.25, 0.3) is 0 Å². The summed E-state index contributed by atoms with van der Waals surface area (Å²) in [5.41, 5.74) is 0. The maximum atomic E-state index is 12.1. The highest BCUT2D eigenvalue weighted by molar-refractivity contribution is 5.75. The van der Waals surface area contributed by atoms with Crippen LogP contribution in [0.4, 0.5) is 4.79 Å². The van der Waals surface area contributed by atoms with Gasteiger partial charge < -0.3 is 15.3 Å². The van der Waals surface area contributed by atoms with Crippen molar-refractivity contribution in [2.24, 2.45) is 5.92 Å². The van der Waals surface area contributed by atoms with Crippen molar-refractivity contribution < 1.29 is 14.7 Å². The molecule has 0 spiro atoms. The predicted octanol–water partition coefficient (Wildman–Crippen LogP) is 3.00. The van der Waals surface area contributed by atoms with E-state index in [1.165, 1.54) is 38.5 Å². The molecule has 1 unspecified atom stereocenters. The molecule has 1 saturated carbocycles. The Morgan fingerprint density at radius 3 is 2.52 bits per heavy atom. The van der Waals surface area contributed by atoms with Crippen LogP contribution >= 0.6 is 0 Å². The molecular weight excluding hydrogens is 268 g/mol. The molecule has 2 rings (SSSR count). The Hall–Kier alpha value is -1.26. The number of aliphatic carboxylic acids is 1. The Morgan fingerprint density at radius 2 is 1.81 bits per heavy atom. The molecule has 0 aromatic carbocycles. The number of urea groups is 1. The van der Waals surface area contributed by atoms with Gasteiger partial charge in [-0.25, -0.2) is 4.79 Å². The number of hydrogen-bond acceptors (Lipinski definition) is 2. The molecule has 2 fully saturated rings. The van der Waals surface area contributed by atoms with Crippen molar-refractivity contribution in [3.63, 3.8) is 0 Å². The monoisotopic (exact) mass is 296 g/mol. The molecule has 0 bridgehead atoms. The second kappa shape index (κ2) is 8.25. The highest BCUT2D eigenvalue weighted by Gasteiger charge is 2.29. The summed E-state index contributed by atoms with van der Waals surface area (Å²) in [7, 11) is 0. The van der Waals surface area contributed by atoms with E-state index < -0.39 is 5.97 Å². The highest BCUT2D eigenvalue weighted by Crippen LogP contribution is 2.30. The number of nitrogens with one attached hydrogen (secondary N) is 1. The summed E-state index contributed by atoms with van der Waals surface area (Å²) in [6, 6.07) is 0.277. The lowest BCUT2D eigenvalue weighted by molar-refractivity contribution is -0.136. The number of carbonyl (C=O) groups is 2. The van der Waals surface area contributed by atoms with Gasteiger partial charge in [-0.2, -0.15) is 0 Å². The minimum atomic E-state index is -0.870. The van der Waals surface area contributed by atoms with E-state index in [-0.39, 0.29) is 19.0 Å². The van der Waals surface area contributed by atoms with E-state index in [9.17, 15) is 9.59 Å². The number of carboxylic acids is 1. The highest BCUT2D eigenvalue weighted by atomic mass is 16.4. The maximum absolute atomic E-state index is 12.1. The zero-order valence-electron chi connectivity index (χ0n) is 12.9. The average Bonchev–Trinajstić information content (AvgIpc) is 2.94. The van der Waals surface area contributed by atoms with E-state index in [0.717, 1.165) is 31.7 Å². The first-order chi connectivity index (χ1) is 10.2. The van der Waals surface area contributed by atoms with Crippen LogP contribution in [-0.4, -0.2) is 41.1 Å². The molecule has 120 valence electrons. The second-order valence-electron chi connectivity index (χ2n) is 6.45. The minimum absolute atomic E-state index is 0.00762. The quantitative estimate of drug-likeness (QED) is 0.791. The van der Waals surface area contributed by atoms with Crippen LogP contribution in [0.1, 0.15) is 64.2 Å². The van der Waals surface area contributed by atoms with Crippen molar-refractivity contribution in [3.8, 4) is 0 Å². The molecule has 1 aliphatic carbocycles. The van der Waals surface area contributed by atoms with Crippen LogP contribution in [-0.2, 0) is 4.79 Å². The number of hydrogen-bond donors (Lipinski definition) is 2. The molecule has 1 atom stereocenters. The van der Waals surface area contributed by atoms with Crippen LogP contribution in [0.15, 0.2) is 0 Å². The first kappa shape index (κ1) is 16.1. The van der Waals surface area contributed by atoms with E-state index in [1.54, 1.807) is 0 Å². The molecule has 0 radical (unpaired) electrons. The number of carboxylic acid groups (broad SMARTS) is 1. The van der Waals surface area contributed by atoms with Gasteiger partial charge in [-0.15, -0.1) is 0 Å². The molecule has 2 N–H and O–H groups in total. The Morgan fingerprint density at radius 1 is 1.05 bits per heavy atom. The van der Waals surface area contributed by atoms with Gasteiger partial charge in [0, 0.05) is 19.1 Å². The standard InChI is InChI=1S/C16H28N2O3/c19-15(20)10-11-17-16(21)18-12-4-7-14(18)9-8-13-5-2-1-3-6-13/h13-14H,1-12H2,(H,17,21)(H,19,20). The fourth-order valence-corrected chi connectivity index (χ4v) is 3.69. The van der Waals surface area contributed by atoms with Gasteiger partial charge in [-0.1, -0.05) is 32.1 Å². The van der Waals surface area contributed by atoms with Crippen LogP contribution in [0.2, 0.25) is 0 Å². The third-order valence-electron chi connectivity index (χ3n) is 4.89. The Kier molecular flexibility index (Phi) is 6.33. The molecule has 2 amide bonds. The van der Waals surface area contributed by atoms with Gasteiger partial charge in [-0.3, -0.25) is 4.79 Å². The largest absolute Gasteiger partial charge is 0.481 e. The molecule has 1 saturated heterocycles. The summed E-state index contributed by atoms with van der Waals surface area (Å²) in [5.74, 6) is -0.0122. The van der Waals surface area contributed by atoms with E-state index in [4.69, 9.17) is 5.11 Å². The molecule has 0 aromatic rings. The summed E-state index contributed by atoms with van der Waals surface area (Å²) in [5, 5.41) is 11.3. The molecule has 21 heavy (non-hydrogen) atoms. The Labute approximate surface area is 127 Å². The molecule has 0 aromatic heterocycles. The van der Waals surface area contributed by atoms with Gasteiger partial charge in [-0.05, 0) is 31.6 Å². The number of nitrogens with zero attached hydrogens (tertiary/aromatic N) is 1. The molecular formula is C16H28N2O3. The predicted molar refractivity (Wildman–Crippen MR) is 81.2 cm³/mol. The Balaban J connectivity index is 1.71. The first-order valence-electron chi connectivity index (χ1n) is 8.43. The van der Waals surface area contributed by atoms with Crippen LogP contribution in [0.5, 0.6) is 0 Å². The van der Waals surface area contributed by atoms with E-state index in [1.807, 2.05) is 4.90 Å². The van der Waals surface area contributed by atoms with Gasteiger partial charge >= 0.3 is 12.0 Å². The van der Waals surface area contributed by atoms with Gasteiger partial charge in [0.25, 0.3) is 0 Å². The third-order valence-corrected chi connectivity index (χ3v) is 4.89. The zero-order valence-corrected chi connectivity index (χ0v) is 12.9. The van der Waals surface area contributed by atoms with Crippen molar-refractivity contribution in [2.45, 2.75) is 70.3 Å². The fourth-order valence-electron chi connectivity index (χ4n) is 3.69. The number of likely N-dealkylation sites (tertiary alicyclic amines) is 1. The lowest BCUT2D eigenvalue weighted by atomic mass is 9.85. The molecule has 1 aliphatic heterocycles. The lowest BCUT2D eigenvalue weighted by Gasteiger charge is -2.28.